The standard InChI is InChI=1S/C22H38O4/c1-4-5-14-22(3,26)15-10-13-19-18(20(24)16-21(19)25)12-9-7-6-8-11-17(2)23/h10,13,18-19,21,25-26H,4-9,11-12,14-16H2,1-3H3/t18-,19-,21-,22-/m1/s1. The normalized spacial score (nSPS) is 25.7. The van der Waals surface area contributed by atoms with E-state index in [9.17, 15) is 19.8 Å². The topological polar surface area (TPSA) is 74.6 Å². The third-order valence-electron chi connectivity index (χ3n) is 5.51. The predicted octanol–water partition coefficient (Wildman–Crippen LogP) is 4.37. The summed E-state index contributed by atoms with van der Waals surface area (Å²) in [4.78, 5) is 23.2. The Hall–Kier alpha value is -1.00. The van der Waals surface area contributed by atoms with Crippen LogP contribution in [-0.2, 0) is 9.59 Å². The van der Waals surface area contributed by atoms with E-state index >= 15 is 0 Å². The summed E-state index contributed by atoms with van der Waals surface area (Å²) in [6.07, 6.45) is 12.3. The molecule has 0 aromatic carbocycles. The molecule has 0 bridgehead atoms. The number of Topliss-reactive ketones (excluding diaryl/α,β-unsaturated/α-hetero) is 2. The SMILES string of the molecule is CCCC[C@@](C)(O)CC=C[C@H]1[C@H](O)CC(=O)[C@@H]1CCCCCCC(C)=O. The van der Waals surface area contributed by atoms with Crippen molar-refractivity contribution in [3.05, 3.63) is 12.2 Å². The number of unbranched alkanes of at least 4 members (excludes halogenated alkanes) is 4. The second kappa shape index (κ2) is 11.7. The minimum atomic E-state index is -0.716. The smallest absolute Gasteiger partial charge is 0.139 e. The van der Waals surface area contributed by atoms with Crippen LogP contribution in [0.5, 0.6) is 0 Å². The van der Waals surface area contributed by atoms with Crippen molar-refractivity contribution in [1.29, 1.82) is 0 Å². The molecule has 0 aromatic rings. The summed E-state index contributed by atoms with van der Waals surface area (Å²) in [5, 5.41) is 20.6. The van der Waals surface area contributed by atoms with Gasteiger partial charge in [-0.25, -0.2) is 0 Å². The highest BCUT2D eigenvalue weighted by Gasteiger charge is 2.39. The Morgan fingerprint density at radius 3 is 2.58 bits per heavy atom. The highest BCUT2D eigenvalue weighted by molar-refractivity contribution is 5.84. The summed E-state index contributed by atoms with van der Waals surface area (Å²) < 4.78 is 0. The van der Waals surface area contributed by atoms with Crippen LogP contribution in [0.15, 0.2) is 12.2 Å². The van der Waals surface area contributed by atoms with Crippen LogP contribution in [0.25, 0.3) is 0 Å². The zero-order valence-electron chi connectivity index (χ0n) is 16.9. The minimum Gasteiger partial charge on any atom is -0.392 e. The van der Waals surface area contributed by atoms with Gasteiger partial charge in [0.1, 0.15) is 11.6 Å². The largest absolute Gasteiger partial charge is 0.392 e. The van der Waals surface area contributed by atoms with Gasteiger partial charge in [0.2, 0.25) is 0 Å². The summed E-state index contributed by atoms with van der Waals surface area (Å²) in [6.45, 7) is 5.58. The van der Waals surface area contributed by atoms with Crippen LogP contribution in [0.2, 0.25) is 0 Å². The van der Waals surface area contributed by atoms with E-state index in [-0.39, 0.29) is 29.8 Å². The van der Waals surface area contributed by atoms with Crippen molar-refractivity contribution >= 4 is 11.6 Å². The third kappa shape index (κ3) is 8.59. The molecule has 1 rings (SSSR count). The second-order valence-corrected chi connectivity index (χ2v) is 8.31. The van der Waals surface area contributed by atoms with E-state index in [1.807, 2.05) is 19.1 Å². The van der Waals surface area contributed by atoms with Crippen molar-refractivity contribution in [3.8, 4) is 0 Å². The first kappa shape index (κ1) is 23.0. The van der Waals surface area contributed by atoms with E-state index in [1.54, 1.807) is 6.92 Å². The fourth-order valence-corrected chi connectivity index (χ4v) is 3.82. The maximum atomic E-state index is 12.2. The minimum absolute atomic E-state index is 0.102. The molecule has 4 atom stereocenters. The molecule has 0 heterocycles. The van der Waals surface area contributed by atoms with Gasteiger partial charge in [0.25, 0.3) is 0 Å². The summed E-state index contributed by atoms with van der Waals surface area (Å²) in [5.74, 6) is 0.170. The number of ketones is 2. The predicted molar refractivity (Wildman–Crippen MR) is 105 cm³/mol. The molecule has 4 heteroatoms. The first-order chi connectivity index (χ1) is 12.3. The molecule has 26 heavy (non-hydrogen) atoms. The molecule has 1 aliphatic rings. The fraction of sp³-hybridized carbons (Fsp3) is 0.818. The molecule has 0 unspecified atom stereocenters. The van der Waals surface area contributed by atoms with E-state index in [1.165, 1.54) is 0 Å². The Bertz CT molecular complexity index is 467. The average molecular weight is 367 g/mol. The van der Waals surface area contributed by atoms with Crippen LogP contribution < -0.4 is 0 Å². The maximum absolute atomic E-state index is 12.2. The third-order valence-corrected chi connectivity index (χ3v) is 5.51. The van der Waals surface area contributed by atoms with E-state index in [0.29, 0.717) is 12.8 Å². The molecule has 0 aliphatic heterocycles. The Morgan fingerprint density at radius 1 is 1.23 bits per heavy atom. The molecule has 2 N–H and O–H groups in total. The summed E-state index contributed by atoms with van der Waals surface area (Å²) in [7, 11) is 0. The maximum Gasteiger partial charge on any atom is 0.139 e. The Labute approximate surface area is 159 Å². The summed E-state index contributed by atoms with van der Waals surface area (Å²) in [6, 6.07) is 0. The molecule has 0 radical (unpaired) electrons. The number of aliphatic hydroxyl groups excluding tert-OH is 1. The van der Waals surface area contributed by atoms with Crippen LogP contribution in [0, 0.1) is 11.8 Å². The highest BCUT2D eigenvalue weighted by Crippen LogP contribution is 2.34. The highest BCUT2D eigenvalue weighted by atomic mass is 16.3. The number of hydrogen-bond donors (Lipinski definition) is 2. The molecule has 0 amide bonds. The second-order valence-electron chi connectivity index (χ2n) is 8.31. The van der Waals surface area contributed by atoms with E-state index < -0.39 is 11.7 Å². The molecule has 1 fully saturated rings. The summed E-state index contributed by atoms with van der Waals surface area (Å²) >= 11 is 0. The average Bonchev–Trinajstić information content (AvgIpc) is 2.82. The lowest BCUT2D eigenvalue weighted by Gasteiger charge is -2.22. The monoisotopic (exact) mass is 366 g/mol. The van der Waals surface area contributed by atoms with Gasteiger partial charge in [-0.2, -0.15) is 0 Å². The fourth-order valence-electron chi connectivity index (χ4n) is 3.82. The van der Waals surface area contributed by atoms with Crippen molar-refractivity contribution in [1.82, 2.24) is 0 Å². The number of rotatable bonds is 13. The van der Waals surface area contributed by atoms with Crippen molar-refractivity contribution in [2.24, 2.45) is 11.8 Å². The van der Waals surface area contributed by atoms with Gasteiger partial charge in [0, 0.05) is 24.7 Å². The van der Waals surface area contributed by atoms with Gasteiger partial charge >= 0.3 is 0 Å². The van der Waals surface area contributed by atoms with Gasteiger partial charge in [-0.1, -0.05) is 51.2 Å². The Kier molecular flexibility index (Phi) is 10.3. The molecular formula is C22H38O4. The van der Waals surface area contributed by atoms with Crippen LogP contribution in [0.4, 0.5) is 0 Å². The zero-order chi connectivity index (χ0) is 19.6. The molecule has 1 saturated carbocycles. The van der Waals surface area contributed by atoms with Crippen LogP contribution >= 0.6 is 0 Å². The lowest BCUT2D eigenvalue weighted by molar-refractivity contribution is -0.121. The van der Waals surface area contributed by atoms with Crippen molar-refractivity contribution in [3.63, 3.8) is 0 Å². The van der Waals surface area contributed by atoms with Crippen molar-refractivity contribution in [2.75, 3.05) is 0 Å². The number of hydrogen-bond acceptors (Lipinski definition) is 4. The molecular weight excluding hydrogens is 328 g/mol. The molecule has 4 nitrogen and oxygen atoms in total. The first-order valence-electron chi connectivity index (χ1n) is 10.4. The molecule has 0 spiro atoms. The quantitative estimate of drug-likeness (QED) is 0.375. The molecule has 0 aromatic heterocycles. The molecule has 1 aliphatic carbocycles. The van der Waals surface area contributed by atoms with Gasteiger partial charge in [0.05, 0.1) is 11.7 Å². The molecule has 0 saturated heterocycles. The van der Waals surface area contributed by atoms with Gasteiger partial charge in [-0.15, -0.1) is 0 Å². The van der Waals surface area contributed by atoms with Gasteiger partial charge in [0.15, 0.2) is 0 Å². The molecule has 150 valence electrons. The Balaban J connectivity index is 2.44. The Morgan fingerprint density at radius 2 is 1.92 bits per heavy atom. The lowest BCUT2D eigenvalue weighted by Crippen LogP contribution is -2.23. The van der Waals surface area contributed by atoms with Gasteiger partial charge in [-0.05, 0) is 39.5 Å². The zero-order valence-corrected chi connectivity index (χ0v) is 16.9. The van der Waals surface area contributed by atoms with Gasteiger partial charge in [-0.3, -0.25) is 4.79 Å². The number of carbonyl (C=O) groups excluding carboxylic acids is 2. The number of carbonyl (C=O) groups is 2. The van der Waals surface area contributed by atoms with Crippen molar-refractivity contribution < 1.29 is 19.8 Å². The van der Waals surface area contributed by atoms with E-state index in [4.69, 9.17) is 0 Å². The van der Waals surface area contributed by atoms with E-state index in [0.717, 1.165) is 51.4 Å². The van der Waals surface area contributed by atoms with Crippen LogP contribution in [0.1, 0.15) is 91.4 Å². The summed E-state index contributed by atoms with van der Waals surface area (Å²) in [5.41, 5.74) is -0.716. The van der Waals surface area contributed by atoms with E-state index in [2.05, 4.69) is 6.92 Å². The number of aliphatic hydroxyl groups is 2. The van der Waals surface area contributed by atoms with Crippen LogP contribution in [0.3, 0.4) is 0 Å². The van der Waals surface area contributed by atoms with Crippen LogP contribution in [-0.4, -0.2) is 33.5 Å². The van der Waals surface area contributed by atoms with Gasteiger partial charge < -0.3 is 15.0 Å². The van der Waals surface area contributed by atoms with Crippen molar-refractivity contribution in [2.45, 2.75) is 103 Å². The first-order valence-corrected chi connectivity index (χ1v) is 10.4. The lowest BCUT2D eigenvalue weighted by atomic mass is 9.87.